The average Bonchev–Trinajstić information content (AvgIpc) is 2.47. The average molecular weight is 309 g/mol. The summed E-state index contributed by atoms with van der Waals surface area (Å²) in [5.74, 6) is 0.607. The first kappa shape index (κ1) is 17.8. The van der Waals surface area contributed by atoms with Crippen LogP contribution in [0.4, 0.5) is 0 Å². The highest BCUT2D eigenvalue weighted by Gasteiger charge is 2.49. The van der Waals surface area contributed by atoms with Gasteiger partial charge in [0.25, 0.3) is 0 Å². The molecule has 2 aliphatic carbocycles. The monoisotopic (exact) mass is 308 g/mol. The van der Waals surface area contributed by atoms with Crippen molar-refractivity contribution in [2.75, 3.05) is 0 Å². The Bertz CT molecular complexity index is 391. The Balaban J connectivity index is 2.23. The maximum atomic E-state index is 12.8. The van der Waals surface area contributed by atoms with Crippen LogP contribution in [0.25, 0.3) is 0 Å². The standard InChI is InChI=1S/C20H36O2/c1-6-19(4,5)17(21)22-20(16-11-8-7-9-12-16)14-10-13-18(2,3)15-20/h16H,6-15H2,1-5H3. The van der Waals surface area contributed by atoms with Gasteiger partial charge in [-0.2, -0.15) is 0 Å². The molecule has 0 aliphatic heterocycles. The molecule has 1 atom stereocenters. The van der Waals surface area contributed by atoms with Crippen molar-refractivity contribution in [2.24, 2.45) is 16.7 Å². The van der Waals surface area contributed by atoms with Crippen molar-refractivity contribution in [3.8, 4) is 0 Å². The molecular formula is C20H36O2. The van der Waals surface area contributed by atoms with Gasteiger partial charge in [-0.1, -0.05) is 40.0 Å². The molecule has 0 saturated heterocycles. The van der Waals surface area contributed by atoms with Crippen molar-refractivity contribution in [1.82, 2.24) is 0 Å². The Kier molecular flexibility index (Phi) is 5.29. The number of carbonyl (C=O) groups excluding carboxylic acids is 1. The van der Waals surface area contributed by atoms with Crippen molar-refractivity contribution in [2.45, 2.75) is 104 Å². The summed E-state index contributed by atoms with van der Waals surface area (Å²) in [4.78, 5) is 12.8. The summed E-state index contributed by atoms with van der Waals surface area (Å²) in [5, 5.41) is 0. The fourth-order valence-corrected chi connectivity index (χ4v) is 4.47. The van der Waals surface area contributed by atoms with Gasteiger partial charge in [-0.25, -0.2) is 0 Å². The first-order valence-electron chi connectivity index (χ1n) is 9.44. The van der Waals surface area contributed by atoms with Crippen molar-refractivity contribution in [3.05, 3.63) is 0 Å². The predicted molar refractivity (Wildman–Crippen MR) is 91.7 cm³/mol. The van der Waals surface area contributed by atoms with Gasteiger partial charge in [-0.05, 0) is 70.1 Å². The van der Waals surface area contributed by atoms with E-state index in [4.69, 9.17) is 4.74 Å². The third-order valence-corrected chi connectivity index (χ3v) is 6.31. The first-order chi connectivity index (χ1) is 10.2. The number of esters is 1. The van der Waals surface area contributed by atoms with Gasteiger partial charge in [0.2, 0.25) is 0 Å². The molecule has 128 valence electrons. The van der Waals surface area contributed by atoms with Crippen LogP contribution in [0.2, 0.25) is 0 Å². The lowest BCUT2D eigenvalue weighted by Gasteiger charge is -2.50. The molecule has 0 aromatic carbocycles. The zero-order chi connectivity index (χ0) is 16.4. The Morgan fingerprint density at radius 1 is 1.09 bits per heavy atom. The minimum atomic E-state index is -0.358. The summed E-state index contributed by atoms with van der Waals surface area (Å²) in [5.41, 5.74) is -0.249. The Hall–Kier alpha value is -0.530. The van der Waals surface area contributed by atoms with Crippen LogP contribution in [0.15, 0.2) is 0 Å². The first-order valence-corrected chi connectivity index (χ1v) is 9.44. The molecule has 0 radical (unpaired) electrons. The Morgan fingerprint density at radius 2 is 1.73 bits per heavy atom. The van der Waals surface area contributed by atoms with Crippen LogP contribution in [0.1, 0.15) is 98.8 Å². The van der Waals surface area contributed by atoms with Crippen LogP contribution in [0.3, 0.4) is 0 Å². The topological polar surface area (TPSA) is 26.3 Å². The largest absolute Gasteiger partial charge is 0.458 e. The van der Waals surface area contributed by atoms with Gasteiger partial charge >= 0.3 is 5.97 Å². The number of hydrogen-bond donors (Lipinski definition) is 0. The quantitative estimate of drug-likeness (QED) is 0.606. The molecule has 2 aliphatic rings. The molecule has 2 saturated carbocycles. The second kappa shape index (κ2) is 6.53. The number of carbonyl (C=O) groups is 1. The molecule has 0 heterocycles. The van der Waals surface area contributed by atoms with Crippen LogP contribution in [0.5, 0.6) is 0 Å². The highest BCUT2D eigenvalue weighted by molar-refractivity contribution is 5.76. The zero-order valence-electron chi connectivity index (χ0n) is 15.5. The maximum absolute atomic E-state index is 12.8. The molecule has 2 heteroatoms. The predicted octanol–water partition coefficient (Wildman–Crippen LogP) is 5.89. The highest BCUT2D eigenvalue weighted by atomic mass is 16.6. The van der Waals surface area contributed by atoms with Crippen LogP contribution >= 0.6 is 0 Å². The second-order valence-electron chi connectivity index (χ2n) is 9.22. The van der Waals surface area contributed by atoms with Gasteiger partial charge in [-0.15, -0.1) is 0 Å². The third-order valence-electron chi connectivity index (χ3n) is 6.31. The molecule has 1 unspecified atom stereocenters. The fraction of sp³-hybridized carbons (Fsp3) is 0.950. The smallest absolute Gasteiger partial charge is 0.312 e. The summed E-state index contributed by atoms with van der Waals surface area (Å²) >= 11 is 0. The van der Waals surface area contributed by atoms with Gasteiger partial charge in [-0.3, -0.25) is 4.79 Å². The van der Waals surface area contributed by atoms with E-state index in [-0.39, 0.29) is 17.0 Å². The summed E-state index contributed by atoms with van der Waals surface area (Å²) in [6.45, 7) is 10.8. The lowest BCUT2D eigenvalue weighted by atomic mass is 9.62. The Labute approximate surface area is 137 Å². The van der Waals surface area contributed by atoms with E-state index in [2.05, 4.69) is 20.8 Å². The molecule has 22 heavy (non-hydrogen) atoms. The minimum absolute atomic E-state index is 0.0262. The Morgan fingerprint density at radius 3 is 2.27 bits per heavy atom. The van der Waals surface area contributed by atoms with Crippen LogP contribution in [0, 0.1) is 16.7 Å². The minimum Gasteiger partial charge on any atom is -0.458 e. The van der Waals surface area contributed by atoms with E-state index in [1.165, 1.54) is 44.9 Å². The van der Waals surface area contributed by atoms with Gasteiger partial charge < -0.3 is 4.74 Å². The molecular weight excluding hydrogens is 272 g/mol. The van der Waals surface area contributed by atoms with Gasteiger partial charge in [0.15, 0.2) is 0 Å². The van der Waals surface area contributed by atoms with Crippen LogP contribution < -0.4 is 0 Å². The van der Waals surface area contributed by atoms with E-state index in [1.807, 2.05) is 13.8 Å². The van der Waals surface area contributed by atoms with E-state index < -0.39 is 0 Å². The SMILES string of the molecule is CCC(C)(C)C(=O)OC1(C2CCCCC2)CCCC(C)(C)C1. The molecule has 2 rings (SSSR count). The van der Waals surface area contributed by atoms with Crippen LogP contribution in [-0.2, 0) is 9.53 Å². The van der Waals surface area contributed by atoms with Crippen molar-refractivity contribution in [3.63, 3.8) is 0 Å². The zero-order valence-corrected chi connectivity index (χ0v) is 15.5. The lowest BCUT2D eigenvalue weighted by Crippen LogP contribution is -2.50. The molecule has 0 aromatic heterocycles. The lowest BCUT2D eigenvalue weighted by molar-refractivity contribution is -0.190. The van der Waals surface area contributed by atoms with Gasteiger partial charge in [0, 0.05) is 0 Å². The van der Waals surface area contributed by atoms with Crippen LogP contribution in [-0.4, -0.2) is 11.6 Å². The number of rotatable bonds is 4. The summed E-state index contributed by atoms with van der Waals surface area (Å²) in [6, 6.07) is 0. The van der Waals surface area contributed by atoms with E-state index in [9.17, 15) is 4.79 Å². The molecule has 0 N–H and O–H groups in total. The van der Waals surface area contributed by atoms with E-state index in [0.717, 1.165) is 19.3 Å². The van der Waals surface area contributed by atoms with E-state index >= 15 is 0 Å². The van der Waals surface area contributed by atoms with E-state index in [0.29, 0.717) is 11.3 Å². The number of ether oxygens (including phenoxy) is 1. The van der Waals surface area contributed by atoms with E-state index in [1.54, 1.807) is 0 Å². The molecule has 0 amide bonds. The summed E-state index contributed by atoms with van der Waals surface area (Å²) in [7, 11) is 0. The normalized spacial score (nSPS) is 30.0. The van der Waals surface area contributed by atoms with Crippen molar-refractivity contribution < 1.29 is 9.53 Å². The molecule has 2 nitrogen and oxygen atoms in total. The summed E-state index contributed by atoms with van der Waals surface area (Å²) < 4.78 is 6.37. The third kappa shape index (κ3) is 3.86. The van der Waals surface area contributed by atoms with Gasteiger partial charge in [0.05, 0.1) is 5.41 Å². The highest BCUT2D eigenvalue weighted by Crippen LogP contribution is 2.50. The van der Waals surface area contributed by atoms with Crippen molar-refractivity contribution >= 4 is 5.97 Å². The fourth-order valence-electron chi connectivity index (χ4n) is 4.47. The molecule has 0 bridgehead atoms. The summed E-state index contributed by atoms with van der Waals surface area (Å²) in [6.07, 6.45) is 11.9. The molecule has 0 aromatic rings. The number of hydrogen-bond acceptors (Lipinski definition) is 2. The molecule has 2 fully saturated rings. The molecule has 0 spiro atoms. The second-order valence-corrected chi connectivity index (χ2v) is 9.22. The van der Waals surface area contributed by atoms with Gasteiger partial charge in [0.1, 0.15) is 5.60 Å². The van der Waals surface area contributed by atoms with Crippen molar-refractivity contribution in [1.29, 1.82) is 0 Å². The maximum Gasteiger partial charge on any atom is 0.312 e.